The van der Waals surface area contributed by atoms with Crippen molar-refractivity contribution in [2.24, 2.45) is 23.5 Å². The van der Waals surface area contributed by atoms with Crippen molar-refractivity contribution < 1.29 is 28.7 Å². The molecule has 8 atom stereocenters. The number of benzene rings is 1. The normalized spacial score (nSPS) is 18.9. The first kappa shape index (κ1) is 43.0. The molecule has 0 aliphatic carbocycles. The Hall–Kier alpha value is -3.39. The summed E-state index contributed by atoms with van der Waals surface area (Å²) >= 11 is 1.50. The van der Waals surface area contributed by atoms with E-state index in [-0.39, 0.29) is 54.0 Å². The van der Waals surface area contributed by atoms with Crippen molar-refractivity contribution in [2.45, 2.75) is 122 Å². The zero-order valence-corrected chi connectivity index (χ0v) is 33.6. The van der Waals surface area contributed by atoms with Gasteiger partial charge in [-0.05, 0) is 50.5 Å². The Labute approximate surface area is 314 Å². The number of hydrogen-bond donors (Lipinski definition) is 3. The van der Waals surface area contributed by atoms with E-state index >= 15 is 0 Å². The standard InChI is InChI=1S/C39H62N6O6S/c1-11-25(4)32(43-36(48)33(24(2)3)44(8)38(49)39(6,7)40)30(50-9)23-31(46)45-20-15-18-29(45)34(51-10)26(5)35(47)42-28(37-41-19-21-52-37)22-27-16-13-12-14-17-27/h12-14,16-17,19,21,24-26,28-30,32-34H,11,15,18,20,22-23,40H2,1-10H3,(H,42,47)(H,43,48)/t25-,26+,28-,29-,30+,32-,33-,34+/m0/s1. The number of rotatable bonds is 19. The van der Waals surface area contributed by atoms with Crippen LogP contribution in [0.4, 0.5) is 0 Å². The van der Waals surface area contributed by atoms with Crippen LogP contribution in [0.15, 0.2) is 41.9 Å². The molecular formula is C39H62N6O6S. The van der Waals surface area contributed by atoms with Crippen LogP contribution < -0.4 is 16.4 Å². The van der Waals surface area contributed by atoms with E-state index in [0.29, 0.717) is 19.4 Å². The smallest absolute Gasteiger partial charge is 0.243 e. The van der Waals surface area contributed by atoms with Gasteiger partial charge in [0.25, 0.3) is 0 Å². The van der Waals surface area contributed by atoms with E-state index in [1.54, 1.807) is 41.3 Å². The Balaban J connectivity index is 1.77. The van der Waals surface area contributed by atoms with E-state index in [2.05, 4.69) is 15.6 Å². The number of nitrogens with two attached hydrogens (primary N) is 1. The fourth-order valence-electron chi connectivity index (χ4n) is 7.31. The fourth-order valence-corrected chi connectivity index (χ4v) is 7.99. The minimum Gasteiger partial charge on any atom is -0.379 e. The van der Waals surface area contributed by atoms with E-state index in [1.807, 2.05) is 75.2 Å². The highest BCUT2D eigenvalue weighted by Gasteiger charge is 2.42. The van der Waals surface area contributed by atoms with Crippen LogP contribution in [-0.2, 0) is 35.1 Å². The third-order valence-electron chi connectivity index (χ3n) is 10.4. The Morgan fingerprint density at radius 2 is 1.73 bits per heavy atom. The predicted octanol–water partition coefficient (Wildman–Crippen LogP) is 4.34. The molecule has 3 rings (SSSR count). The SMILES string of the molecule is CC[C@H](C)[C@H](NC(=O)[C@H](C(C)C)N(C)C(=O)C(C)(C)N)[C@@H](CC(=O)N1CCC[C@H]1[C@H](OC)[C@@H](C)C(=O)N[C@@H](Cc1ccccc1)c1nccs1)OC. The molecule has 13 heteroatoms. The number of amides is 4. The summed E-state index contributed by atoms with van der Waals surface area (Å²) in [7, 11) is 4.73. The first-order valence-corrected chi connectivity index (χ1v) is 19.4. The average Bonchev–Trinajstić information content (AvgIpc) is 3.82. The summed E-state index contributed by atoms with van der Waals surface area (Å²) in [5.41, 5.74) is 6.05. The average molecular weight is 743 g/mol. The summed E-state index contributed by atoms with van der Waals surface area (Å²) in [6, 6.07) is 8.10. The number of thiazole rings is 1. The number of carbonyl (C=O) groups excluding carboxylic acids is 4. The van der Waals surface area contributed by atoms with Gasteiger partial charge < -0.3 is 35.6 Å². The number of nitrogens with one attached hydrogen (secondary N) is 2. The van der Waals surface area contributed by atoms with Crippen LogP contribution in [0.3, 0.4) is 0 Å². The van der Waals surface area contributed by atoms with Gasteiger partial charge in [0.2, 0.25) is 23.6 Å². The number of ether oxygens (including phenoxy) is 2. The molecule has 52 heavy (non-hydrogen) atoms. The zero-order chi connectivity index (χ0) is 38.7. The van der Waals surface area contributed by atoms with Crippen LogP contribution in [0, 0.1) is 17.8 Å². The third-order valence-corrected chi connectivity index (χ3v) is 11.2. The van der Waals surface area contributed by atoms with E-state index in [9.17, 15) is 19.2 Å². The van der Waals surface area contributed by atoms with Crippen molar-refractivity contribution in [3.63, 3.8) is 0 Å². The van der Waals surface area contributed by atoms with Crippen molar-refractivity contribution in [1.82, 2.24) is 25.4 Å². The lowest BCUT2D eigenvalue weighted by Crippen LogP contribution is -2.60. The van der Waals surface area contributed by atoms with Gasteiger partial charge in [0.1, 0.15) is 11.0 Å². The molecule has 1 aliphatic heterocycles. The molecule has 0 bridgehead atoms. The molecule has 4 N–H and O–H groups in total. The van der Waals surface area contributed by atoms with Crippen molar-refractivity contribution in [2.75, 3.05) is 27.8 Å². The third kappa shape index (κ3) is 11.1. The molecule has 2 aromatic rings. The summed E-state index contributed by atoms with van der Waals surface area (Å²) in [6.45, 7) is 13.4. The van der Waals surface area contributed by atoms with Gasteiger partial charge in [-0.15, -0.1) is 11.3 Å². The van der Waals surface area contributed by atoms with E-state index in [0.717, 1.165) is 23.4 Å². The second-order valence-corrected chi connectivity index (χ2v) is 16.1. The molecule has 4 amide bonds. The van der Waals surface area contributed by atoms with Gasteiger partial charge in [-0.2, -0.15) is 0 Å². The largest absolute Gasteiger partial charge is 0.379 e. The minimum atomic E-state index is -1.14. The predicted molar refractivity (Wildman–Crippen MR) is 204 cm³/mol. The highest BCUT2D eigenvalue weighted by Crippen LogP contribution is 2.30. The molecule has 12 nitrogen and oxygen atoms in total. The molecule has 1 saturated heterocycles. The summed E-state index contributed by atoms with van der Waals surface area (Å²) in [6.07, 6.45) is 3.38. The van der Waals surface area contributed by atoms with Crippen LogP contribution in [-0.4, -0.2) is 102 Å². The first-order chi connectivity index (χ1) is 24.5. The Morgan fingerprint density at radius 3 is 2.27 bits per heavy atom. The zero-order valence-electron chi connectivity index (χ0n) is 32.8. The fraction of sp³-hybridized carbons (Fsp3) is 0.667. The molecule has 0 saturated carbocycles. The number of aromatic nitrogens is 1. The topological polar surface area (TPSA) is 156 Å². The van der Waals surface area contributed by atoms with Crippen LogP contribution in [0.5, 0.6) is 0 Å². The number of methoxy groups -OCH3 is 2. The lowest BCUT2D eigenvalue weighted by atomic mass is 9.90. The second kappa shape index (κ2) is 19.6. The molecule has 0 spiro atoms. The second-order valence-electron chi connectivity index (χ2n) is 15.1. The van der Waals surface area contributed by atoms with Gasteiger partial charge in [-0.25, -0.2) is 4.98 Å². The van der Waals surface area contributed by atoms with Crippen molar-refractivity contribution in [3.8, 4) is 0 Å². The summed E-state index contributed by atoms with van der Waals surface area (Å²) in [5, 5.41) is 9.10. The van der Waals surface area contributed by atoms with Gasteiger partial charge in [0, 0.05) is 39.4 Å². The molecular weight excluding hydrogens is 681 g/mol. The van der Waals surface area contributed by atoms with Crippen molar-refractivity contribution >= 4 is 35.0 Å². The minimum absolute atomic E-state index is 0.0272. The Kier molecular flexibility index (Phi) is 16.2. The highest BCUT2D eigenvalue weighted by atomic mass is 32.1. The van der Waals surface area contributed by atoms with Crippen LogP contribution in [0.2, 0.25) is 0 Å². The Bertz CT molecular complexity index is 1430. The van der Waals surface area contributed by atoms with Crippen LogP contribution >= 0.6 is 11.3 Å². The van der Waals surface area contributed by atoms with Crippen LogP contribution in [0.1, 0.15) is 90.8 Å². The van der Waals surface area contributed by atoms with Gasteiger partial charge >= 0.3 is 0 Å². The molecule has 1 fully saturated rings. The lowest BCUT2D eigenvalue weighted by Gasteiger charge is -2.38. The monoisotopic (exact) mass is 742 g/mol. The summed E-state index contributed by atoms with van der Waals surface area (Å²) < 4.78 is 11.9. The molecule has 2 heterocycles. The maximum atomic E-state index is 14.1. The van der Waals surface area contributed by atoms with Gasteiger partial charge in [0.15, 0.2) is 0 Å². The van der Waals surface area contributed by atoms with Crippen molar-refractivity contribution in [3.05, 3.63) is 52.5 Å². The number of nitrogens with zero attached hydrogens (tertiary/aromatic N) is 3. The number of hydrogen-bond acceptors (Lipinski definition) is 9. The number of likely N-dealkylation sites (N-methyl/N-ethyl adjacent to an activating group) is 1. The van der Waals surface area contributed by atoms with Crippen molar-refractivity contribution in [1.29, 1.82) is 0 Å². The van der Waals surface area contributed by atoms with Gasteiger partial charge in [-0.1, -0.05) is 71.4 Å². The van der Waals surface area contributed by atoms with Crippen LogP contribution in [0.25, 0.3) is 0 Å². The molecule has 0 radical (unpaired) electrons. The molecule has 1 aromatic heterocycles. The van der Waals surface area contributed by atoms with E-state index in [4.69, 9.17) is 15.2 Å². The van der Waals surface area contributed by atoms with E-state index < -0.39 is 35.7 Å². The number of carbonyl (C=O) groups is 4. The first-order valence-electron chi connectivity index (χ1n) is 18.5. The summed E-state index contributed by atoms with van der Waals surface area (Å²) in [5.74, 6) is -1.75. The molecule has 1 aromatic carbocycles. The quantitative estimate of drug-likeness (QED) is 0.192. The highest BCUT2D eigenvalue weighted by molar-refractivity contribution is 7.09. The molecule has 0 unspecified atom stereocenters. The number of likely N-dealkylation sites (tertiary alicyclic amines) is 1. The maximum Gasteiger partial charge on any atom is 0.243 e. The van der Waals surface area contributed by atoms with E-state index in [1.165, 1.54) is 16.2 Å². The molecule has 290 valence electrons. The lowest BCUT2D eigenvalue weighted by molar-refractivity contribution is -0.145. The Morgan fingerprint density at radius 1 is 1.06 bits per heavy atom. The molecule has 1 aliphatic rings. The van der Waals surface area contributed by atoms with Gasteiger partial charge in [-0.3, -0.25) is 19.2 Å². The maximum absolute atomic E-state index is 14.1. The summed E-state index contributed by atoms with van der Waals surface area (Å²) in [4.78, 5) is 62.6. The van der Waals surface area contributed by atoms with Gasteiger partial charge in [0.05, 0.1) is 48.2 Å².